The molecule has 2 aliphatic rings. The van der Waals surface area contributed by atoms with Gasteiger partial charge >= 0.3 is 0 Å². The molecule has 1 fully saturated rings. The second-order valence-electron chi connectivity index (χ2n) is 7.22. The van der Waals surface area contributed by atoms with Crippen molar-refractivity contribution < 1.29 is 4.39 Å². The summed E-state index contributed by atoms with van der Waals surface area (Å²) < 4.78 is 14.7. The highest BCUT2D eigenvalue weighted by Gasteiger charge is 2.27. The van der Waals surface area contributed by atoms with Crippen molar-refractivity contribution in [2.75, 3.05) is 25.0 Å². The minimum atomic E-state index is -0.179. The van der Waals surface area contributed by atoms with Gasteiger partial charge in [0, 0.05) is 32.4 Å². The van der Waals surface area contributed by atoms with E-state index in [2.05, 4.69) is 11.0 Å². The minimum absolute atomic E-state index is 0. The topological polar surface area (TPSA) is 30.3 Å². The van der Waals surface area contributed by atoms with Gasteiger partial charge in [0.15, 0.2) is 0 Å². The number of halogens is 2. The van der Waals surface area contributed by atoms with Crippen LogP contribution in [0.25, 0.3) is 0 Å². The van der Waals surface area contributed by atoms with Crippen LogP contribution in [0.4, 0.5) is 15.8 Å². The van der Waals surface area contributed by atoms with Crippen molar-refractivity contribution in [2.45, 2.75) is 25.8 Å². The SMILES string of the molecule is CN(c1ccc(C#N)cc1)c1cc2c(cc1F)CCN(CC1CC1)C2.Cl. The second kappa shape index (κ2) is 7.65. The van der Waals surface area contributed by atoms with Crippen molar-refractivity contribution in [2.24, 2.45) is 5.92 Å². The van der Waals surface area contributed by atoms with Crippen LogP contribution in [0.5, 0.6) is 0 Å². The van der Waals surface area contributed by atoms with Crippen LogP contribution in [0.15, 0.2) is 36.4 Å². The quantitative estimate of drug-likeness (QED) is 0.783. The normalized spacial score (nSPS) is 16.3. The summed E-state index contributed by atoms with van der Waals surface area (Å²) in [6.45, 7) is 3.13. The molecule has 1 heterocycles. The van der Waals surface area contributed by atoms with Gasteiger partial charge in [-0.3, -0.25) is 4.90 Å². The molecule has 0 atom stereocenters. The number of fused-ring (bicyclic) bond motifs is 1. The zero-order chi connectivity index (χ0) is 17.4. The summed E-state index contributed by atoms with van der Waals surface area (Å²) in [6, 6.07) is 13.1. The smallest absolute Gasteiger partial charge is 0.147 e. The Morgan fingerprint density at radius 3 is 2.58 bits per heavy atom. The van der Waals surface area contributed by atoms with E-state index in [0.29, 0.717) is 11.3 Å². The summed E-state index contributed by atoms with van der Waals surface area (Å²) in [6.07, 6.45) is 3.65. The highest BCUT2D eigenvalue weighted by Crippen LogP contribution is 2.34. The van der Waals surface area contributed by atoms with Gasteiger partial charge in [-0.15, -0.1) is 12.4 Å². The Kier molecular flexibility index (Phi) is 5.50. The van der Waals surface area contributed by atoms with E-state index >= 15 is 0 Å². The first kappa shape index (κ1) is 18.7. The summed E-state index contributed by atoms with van der Waals surface area (Å²) in [7, 11) is 1.87. The van der Waals surface area contributed by atoms with Gasteiger partial charge in [0.1, 0.15) is 5.82 Å². The summed E-state index contributed by atoms with van der Waals surface area (Å²) >= 11 is 0. The van der Waals surface area contributed by atoms with E-state index in [1.54, 1.807) is 18.2 Å². The molecule has 0 bridgehead atoms. The lowest BCUT2D eigenvalue weighted by Crippen LogP contribution is -2.32. The lowest BCUT2D eigenvalue weighted by molar-refractivity contribution is 0.243. The first-order valence-corrected chi connectivity index (χ1v) is 8.91. The maximum absolute atomic E-state index is 14.7. The van der Waals surface area contributed by atoms with Crippen LogP contribution in [0, 0.1) is 23.1 Å². The van der Waals surface area contributed by atoms with E-state index in [9.17, 15) is 4.39 Å². The molecule has 136 valence electrons. The van der Waals surface area contributed by atoms with Crippen molar-refractivity contribution in [3.8, 4) is 6.07 Å². The molecule has 5 heteroatoms. The third-order valence-corrected chi connectivity index (χ3v) is 5.32. The zero-order valence-corrected chi connectivity index (χ0v) is 15.7. The Hall–Kier alpha value is -2.09. The molecule has 2 aromatic rings. The predicted octanol–water partition coefficient (Wildman–Crippen LogP) is 4.66. The van der Waals surface area contributed by atoms with Gasteiger partial charge in [-0.25, -0.2) is 4.39 Å². The lowest BCUT2D eigenvalue weighted by Gasteiger charge is -2.30. The molecule has 0 saturated heterocycles. The first-order chi connectivity index (χ1) is 12.1. The number of anilines is 2. The average molecular weight is 372 g/mol. The Morgan fingerprint density at radius 2 is 1.92 bits per heavy atom. The molecule has 1 saturated carbocycles. The molecule has 0 unspecified atom stereocenters. The monoisotopic (exact) mass is 371 g/mol. The van der Waals surface area contributed by atoms with Crippen LogP contribution in [0.2, 0.25) is 0 Å². The molecular formula is C21H23ClFN3. The summed E-state index contributed by atoms with van der Waals surface area (Å²) in [5, 5.41) is 8.92. The Balaban J connectivity index is 0.00000196. The molecular weight excluding hydrogens is 349 g/mol. The summed E-state index contributed by atoms with van der Waals surface area (Å²) in [4.78, 5) is 4.36. The summed E-state index contributed by atoms with van der Waals surface area (Å²) in [5.41, 5.74) is 4.46. The van der Waals surface area contributed by atoms with E-state index < -0.39 is 0 Å². The fourth-order valence-corrected chi connectivity index (χ4v) is 3.60. The molecule has 0 N–H and O–H groups in total. The van der Waals surface area contributed by atoms with Crippen LogP contribution in [-0.2, 0) is 13.0 Å². The van der Waals surface area contributed by atoms with Gasteiger partial charge < -0.3 is 4.90 Å². The van der Waals surface area contributed by atoms with Crippen molar-refractivity contribution in [1.29, 1.82) is 5.26 Å². The Bertz CT molecular complexity index is 824. The molecule has 0 spiro atoms. The number of hydrogen-bond acceptors (Lipinski definition) is 3. The van der Waals surface area contributed by atoms with Crippen LogP contribution >= 0.6 is 12.4 Å². The van der Waals surface area contributed by atoms with Crippen molar-refractivity contribution in [3.63, 3.8) is 0 Å². The van der Waals surface area contributed by atoms with Gasteiger partial charge in [0.05, 0.1) is 17.3 Å². The van der Waals surface area contributed by atoms with Gasteiger partial charge in [0.2, 0.25) is 0 Å². The second-order valence-corrected chi connectivity index (χ2v) is 7.22. The van der Waals surface area contributed by atoms with Gasteiger partial charge in [-0.05, 0) is 72.7 Å². The summed E-state index contributed by atoms with van der Waals surface area (Å²) in [5.74, 6) is 0.698. The number of rotatable bonds is 4. The fraction of sp³-hybridized carbons (Fsp3) is 0.381. The average Bonchev–Trinajstić information content (AvgIpc) is 3.45. The van der Waals surface area contributed by atoms with Crippen molar-refractivity contribution in [1.82, 2.24) is 4.90 Å². The van der Waals surface area contributed by atoms with Crippen LogP contribution in [0.3, 0.4) is 0 Å². The third kappa shape index (κ3) is 3.85. The molecule has 0 aromatic heterocycles. The van der Waals surface area contributed by atoms with Gasteiger partial charge in [0.25, 0.3) is 0 Å². The number of benzene rings is 2. The standard InChI is InChI=1S/C21H22FN3.ClH/c1-24(19-6-4-15(12-23)5-7-19)21-11-18-14-25(13-16-2-3-16)9-8-17(18)10-20(21)22;/h4-7,10-11,16H,2-3,8-9,13-14H2,1H3;1H. The van der Waals surface area contributed by atoms with E-state index in [1.165, 1.54) is 24.9 Å². The molecule has 26 heavy (non-hydrogen) atoms. The fourth-order valence-electron chi connectivity index (χ4n) is 3.60. The number of nitriles is 1. The number of hydrogen-bond donors (Lipinski definition) is 0. The van der Waals surface area contributed by atoms with Crippen molar-refractivity contribution in [3.05, 3.63) is 58.9 Å². The first-order valence-electron chi connectivity index (χ1n) is 8.91. The maximum Gasteiger partial charge on any atom is 0.147 e. The Morgan fingerprint density at radius 1 is 1.19 bits per heavy atom. The molecule has 1 aliphatic carbocycles. The van der Waals surface area contributed by atoms with Crippen LogP contribution in [-0.4, -0.2) is 25.0 Å². The lowest BCUT2D eigenvalue weighted by atomic mass is 9.98. The van der Waals surface area contributed by atoms with Crippen LogP contribution < -0.4 is 4.90 Å². The largest absolute Gasteiger partial charge is 0.342 e. The predicted molar refractivity (Wildman–Crippen MR) is 105 cm³/mol. The number of nitrogens with zero attached hydrogens (tertiary/aromatic N) is 3. The van der Waals surface area contributed by atoms with E-state index in [1.807, 2.05) is 30.1 Å². The van der Waals surface area contributed by atoms with E-state index in [4.69, 9.17) is 5.26 Å². The molecule has 0 amide bonds. The highest BCUT2D eigenvalue weighted by atomic mass is 35.5. The third-order valence-electron chi connectivity index (χ3n) is 5.32. The highest BCUT2D eigenvalue weighted by molar-refractivity contribution is 5.85. The molecule has 2 aromatic carbocycles. The van der Waals surface area contributed by atoms with E-state index in [-0.39, 0.29) is 18.2 Å². The molecule has 0 radical (unpaired) electrons. The minimum Gasteiger partial charge on any atom is -0.342 e. The molecule has 3 nitrogen and oxygen atoms in total. The maximum atomic E-state index is 14.7. The van der Waals surface area contributed by atoms with E-state index in [0.717, 1.165) is 36.7 Å². The molecule has 1 aliphatic heterocycles. The van der Waals surface area contributed by atoms with Crippen molar-refractivity contribution >= 4 is 23.8 Å². The zero-order valence-electron chi connectivity index (χ0n) is 14.9. The van der Waals surface area contributed by atoms with Crippen LogP contribution in [0.1, 0.15) is 29.5 Å². The Labute approximate surface area is 160 Å². The molecule has 4 rings (SSSR count). The van der Waals surface area contributed by atoms with Gasteiger partial charge in [-0.1, -0.05) is 0 Å². The van der Waals surface area contributed by atoms with Gasteiger partial charge in [-0.2, -0.15) is 5.26 Å².